The van der Waals surface area contributed by atoms with Crippen LogP contribution in [0.15, 0.2) is 24.9 Å². The Hall–Kier alpha value is -1.78. The minimum absolute atomic E-state index is 0.622. The molecule has 1 aliphatic rings. The first kappa shape index (κ1) is 14.2. The summed E-state index contributed by atoms with van der Waals surface area (Å²) in [7, 11) is 0. The average Bonchev–Trinajstić information content (AvgIpc) is 3.18. The van der Waals surface area contributed by atoms with Gasteiger partial charge in [0.25, 0.3) is 0 Å². The molecule has 0 atom stereocenters. The number of hydrogen-bond acceptors (Lipinski definition) is 3. The fraction of sp³-hybridized carbons (Fsp3) is 0.625. The molecule has 1 fully saturated rings. The van der Waals surface area contributed by atoms with E-state index in [4.69, 9.17) is 0 Å². The van der Waals surface area contributed by atoms with E-state index in [2.05, 4.69) is 37.5 Å². The quantitative estimate of drug-likeness (QED) is 0.795. The summed E-state index contributed by atoms with van der Waals surface area (Å²) in [6, 6.07) is 0.622. The maximum atomic E-state index is 4.64. The van der Waals surface area contributed by atoms with E-state index in [9.17, 15) is 0 Å². The first-order valence-corrected chi connectivity index (χ1v) is 8.07. The molecule has 5 heteroatoms. The Morgan fingerprint density at radius 2 is 2.05 bits per heavy atom. The molecular formula is C16H25N5. The maximum absolute atomic E-state index is 4.64. The number of nitrogens with zero attached hydrogens (tertiary/aromatic N) is 4. The van der Waals surface area contributed by atoms with E-state index in [-0.39, 0.29) is 0 Å². The summed E-state index contributed by atoms with van der Waals surface area (Å²) >= 11 is 0. The number of aromatic nitrogens is 4. The molecule has 0 amide bonds. The van der Waals surface area contributed by atoms with Crippen molar-refractivity contribution in [2.75, 3.05) is 5.32 Å². The normalized spacial score (nSPS) is 15.7. The first-order chi connectivity index (χ1) is 10.3. The first-order valence-electron chi connectivity index (χ1n) is 8.07. The van der Waals surface area contributed by atoms with Crippen molar-refractivity contribution in [1.29, 1.82) is 0 Å². The molecule has 0 spiro atoms. The Morgan fingerprint density at radius 3 is 2.81 bits per heavy atom. The van der Waals surface area contributed by atoms with Gasteiger partial charge >= 0.3 is 0 Å². The third kappa shape index (κ3) is 3.86. The van der Waals surface area contributed by atoms with Gasteiger partial charge in [-0.25, -0.2) is 9.97 Å². The zero-order valence-electron chi connectivity index (χ0n) is 12.8. The smallest absolute Gasteiger partial charge is 0.203 e. The Kier molecular flexibility index (Phi) is 4.58. The lowest BCUT2D eigenvalue weighted by Gasteiger charge is -2.14. The minimum atomic E-state index is 0.622. The Bertz CT molecular complexity index is 537. The van der Waals surface area contributed by atoms with E-state index >= 15 is 0 Å². The molecule has 114 valence electrons. The predicted octanol–water partition coefficient (Wildman–Crippen LogP) is 3.22. The molecule has 0 aromatic carbocycles. The highest BCUT2D eigenvalue weighted by Crippen LogP contribution is 2.22. The van der Waals surface area contributed by atoms with Crippen LogP contribution < -0.4 is 5.32 Å². The van der Waals surface area contributed by atoms with Crippen molar-refractivity contribution < 1.29 is 0 Å². The van der Waals surface area contributed by atoms with Crippen molar-refractivity contribution in [3.63, 3.8) is 0 Å². The van der Waals surface area contributed by atoms with Gasteiger partial charge in [-0.3, -0.25) is 0 Å². The number of unbranched alkanes of at least 4 members (excludes halogenated alkanes) is 1. The van der Waals surface area contributed by atoms with E-state index in [0.717, 1.165) is 37.6 Å². The zero-order chi connectivity index (χ0) is 14.5. The highest BCUT2D eigenvalue weighted by molar-refractivity contribution is 5.30. The second kappa shape index (κ2) is 6.78. The van der Waals surface area contributed by atoms with Gasteiger partial charge in [-0.15, -0.1) is 0 Å². The second-order valence-corrected chi connectivity index (χ2v) is 6.03. The SMILES string of the molecule is Cc1cn(CCCCn2ccnc2)c(NC2CCCC2)n1. The number of rotatable bonds is 7. The van der Waals surface area contributed by atoms with Gasteiger partial charge in [-0.05, 0) is 32.6 Å². The van der Waals surface area contributed by atoms with Crippen LogP contribution >= 0.6 is 0 Å². The number of nitrogens with one attached hydrogen (secondary N) is 1. The molecule has 0 unspecified atom stereocenters. The zero-order valence-corrected chi connectivity index (χ0v) is 12.8. The van der Waals surface area contributed by atoms with Gasteiger partial charge in [-0.2, -0.15) is 0 Å². The fourth-order valence-corrected chi connectivity index (χ4v) is 3.08. The standard InChI is InChI=1S/C16H25N5/c1-14-12-21(10-5-4-9-20-11-8-17-13-20)16(18-14)19-15-6-2-3-7-15/h8,11-13,15H,2-7,9-10H2,1H3,(H,18,19). The van der Waals surface area contributed by atoms with E-state index in [1.165, 1.54) is 25.7 Å². The van der Waals surface area contributed by atoms with Crippen LogP contribution in [0.2, 0.25) is 0 Å². The molecule has 1 N–H and O–H groups in total. The lowest BCUT2D eigenvalue weighted by atomic mass is 10.2. The molecular weight excluding hydrogens is 262 g/mol. The van der Waals surface area contributed by atoms with Gasteiger partial charge in [-0.1, -0.05) is 12.8 Å². The Labute approximate surface area is 126 Å². The molecule has 0 aliphatic heterocycles. The minimum Gasteiger partial charge on any atom is -0.353 e. The van der Waals surface area contributed by atoms with Crippen LogP contribution in [0.5, 0.6) is 0 Å². The Morgan fingerprint density at radius 1 is 1.24 bits per heavy atom. The summed E-state index contributed by atoms with van der Waals surface area (Å²) in [6.07, 6.45) is 15.5. The summed E-state index contributed by atoms with van der Waals surface area (Å²) in [6.45, 7) is 4.14. The van der Waals surface area contributed by atoms with Crippen LogP contribution in [0.4, 0.5) is 5.95 Å². The molecule has 2 aromatic heterocycles. The highest BCUT2D eigenvalue weighted by atomic mass is 15.2. The third-order valence-corrected chi connectivity index (χ3v) is 4.21. The number of anilines is 1. The Balaban J connectivity index is 1.49. The van der Waals surface area contributed by atoms with Crippen LogP contribution in [-0.2, 0) is 13.1 Å². The van der Waals surface area contributed by atoms with Crippen LogP contribution in [0.25, 0.3) is 0 Å². The van der Waals surface area contributed by atoms with Crippen molar-refractivity contribution in [1.82, 2.24) is 19.1 Å². The molecule has 0 saturated heterocycles. The molecule has 1 saturated carbocycles. The molecule has 0 radical (unpaired) electrons. The van der Waals surface area contributed by atoms with Gasteiger partial charge in [0.1, 0.15) is 0 Å². The van der Waals surface area contributed by atoms with Gasteiger partial charge in [0.15, 0.2) is 0 Å². The largest absolute Gasteiger partial charge is 0.353 e. The summed E-state index contributed by atoms with van der Waals surface area (Å²) in [5.41, 5.74) is 1.10. The maximum Gasteiger partial charge on any atom is 0.203 e. The molecule has 2 heterocycles. The number of aryl methyl sites for hydroxylation is 3. The van der Waals surface area contributed by atoms with E-state index in [1.807, 2.05) is 18.7 Å². The molecule has 5 nitrogen and oxygen atoms in total. The van der Waals surface area contributed by atoms with Crippen molar-refractivity contribution in [2.24, 2.45) is 0 Å². The van der Waals surface area contributed by atoms with Gasteiger partial charge < -0.3 is 14.5 Å². The molecule has 3 rings (SSSR count). The van der Waals surface area contributed by atoms with E-state index in [0.29, 0.717) is 6.04 Å². The topological polar surface area (TPSA) is 47.7 Å². The van der Waals surface area contributed by atoms with Crippen molar-refractivity contribution >= 4 is 5.95 Å². The predicted molar refractivity (Wildman–Crippen MR) is 84.3 cm³/mol. The van der Waals surface area contributed by atoms with Crippen molar-refractivity contribution in [3.05, 3.63) is 30.6 Å². The van der Waals surface area contributed by atoms with Gasteiger partial charge in [0, 0.05) is 37.7 Å². The average molecular weight is 287 g/mol. The van der Waals surface area contributed by atoms with Crippen LogP contribution in [-0.4, -0.2) is 25.1 Å². The van der Waals surface area contributed by atoms with Crippen LogP contribution in [0.3, 0.4) is 0 Å². The van der Waals surface area contributed by atoms with Crippen molar-refractivity contribution in [2.45, 2.75) is 64.6 Å². The molecule has 2 aromatic rings. The highest BCUT2D eigenvalue weighted by Gasteiger charge is 2.17. The number of hydrogen-bond donors (Lipinski definition) is 1. The van der Waals surface area contributed by atoms with E-state index < -0.39 is 0 Å². The fourth-order valence-electron chi connectivity index (χ4n) is 3.08. The monoisotopic (exact) mass is 287 g/mol. The van der Waals surface area contributed by atoms with Gasteiger partial charge in [0.05, 0.1) is 12.0 Å². The summed E-state index contributed by atoms with van der Waals surface area (Å²) in [4.78, 5) is 8.71. The van der Waals surface area contributed by atoms with Crippen LogP contribution in [0.1, 0.15) is 44.2 Å². The third-order valence-electron chi connectivity index (χ3n) is 4.21. The van der Waals surface area contributed by atoms with E-state index in [1.54, 1.807) is 0 Å². The number of imidazole rings is 2. The molecule has 1 aliphatic carbocycles. The summed E-state index contributed by atoms with van der Waals surface area (Å²) in [5.74, 6) is 1.06. The van der Waals surface area contributed by atoms with Gasteiger partial charge in [0.2, 0.25) is 5.95 Å². The molecule has 0 bridgehead atoms. The van der Waals surface area contributed by atoms with Crippen LogP contribution in [0, 0.1) is 6.92 Å². The van der Waals surface area contributed by atoms with Crippen molar-refractivity contribution in [3.8, 4) is 0 Å². The summed E-state index contributed by atoms with van der Waals surface area (Å²) in [5, 5.41) is 3.62. The lowest BCUT2D eigenvalue weighted by Crippen LogP contribution is -2.18. The second-order valence-electron chi connectivity index (χ2n) is 6.03. The summed E-state index contributed by atoms with van der Waals surface area (Å²) < 4.78 is 4.42. The lowest BCUT2D eigenvalue weighted by molar-refractivity contribution is 0.552. The molecule has 21 heavy (non-hydrogen) atoms.